The first-order valence-electron chi connectivity index (χ1n) is 7.48. The molecule has 3 fully saturated rings. The number of hydrogen-bond acceptors (Lipinski definition) is 3. The van der Waals surface area contributed by atoms with Crippen molar-refractivity contribution in [3.8, 4) is 0 Å². The minimum absolute atomic E-state index is 0.000591. The average Bonchev–Trinajstić information content (AvgIpc) is 3.11. The van der Waals surface area contributed by atoms with Crippen molar-refractivity contribution in [2.24, 2.45) is 23.5 Å². The molecule has 106 valence electrons. The molecule has 3 N–H and O–H groups in total. The summed E-state index contributed by atoms with van der Waals surface area (Å²) in [5.74, 6) is 0.942. The zero-order chi connectivity index (χ0) is 13.4. The molecule has 2 saturated carbocycles. The molecule has 0 aromatic carbocycles. The van der Waals surface area contributed by atoms with Crippen molar-refractivity contribution < 1.29 is 9.59 Å². The molecular formula is C14H23N3O2. The molecule has 5 nitrogen and oxygen atoms in total. The van der Waals surface area contributed by atoms with Gasteiger partial charge in [0.15, 0.2) is 0 Å². The van der Waals surface area contributed by atoms with Crippen LogP contribution < -0.4 is 11.1 Å². The zero-order valence-corrected chi connectivity index (χ0v) is 11.3. The van der Waals surface area contributed by atoms with Crippen LogP contribution in [0, 0.1) is 17.8 Å². The fourth-order valence-electron chi connectivity index (χ4n) is 4.08. The first kappa shape index (κ1) is 12.9. The normalized spacial score (nSPS) is 36.8. The van der Waals surface area contributed by atoms with Gasteiger partial charge in [-0.05, 0) is 43.9 Å². The van der Waals surface area contributed by atoms with Gasteiger partial charge in [0.25, 0.3) is 0 Å². The highest BCUT2D eigenvalue weighted by Gasteiger charge is 2.49. The smallest absolute Gasteiger partial charge is 0.241 e. The molecular weight excluding hydrogens is 242 g/mol. The van der Waals surface area contributed by atoms with Crippen LogP contribution in [0.4, 0.5) is 0 Å². The van der Waals surface area contributed by atoms with Crippen LogP contribution in [-0.2, 0) is 9.59 Å². The molecule has 2 bridgehead atoms. The highest BCUT2D eigenvalue weighted by molar-refractivity contribution is 5.86. The largest absolute Gasteiger partial charge is 0.347 e. The van der Waals surface area contributed by atoms with Gasteiger partial charge in [0, 0.05) is 19.1 Å². The Labute approximate surface area is 113 Å². The molecule has 4 atom stereocenters. The van der Waals surface area contributed by atoms with Crippen molar-refractivity contribution in [3.05, 3.63) is 0 Å². The topological polar surface area (TPSA) is 75.4 Å². The van der Waals surface area contributed by atoms with E-state index >= 15 is 0 Å². The summed E-state index contributed by atoms with van der Waals surface area (Å²) in [4.78, 5) is 25.9. The third kappa shape index (κ3) is 2.36. The van der Waals surface area contributed by atoms with Gasteiger partial charge in [-0.25, -0.2) is 0 Å². The third-order valence-electron chi connectivity index (χ3n) is 5.16. The van der Waals surface area contributed by atoms with E-state index in [-0.39, 0.29) is 30.3 Å². The number of fused-ring (bicyclic) bond motifs is 2. The quantitative estimate of drug-likeness (QED) is 0.760. The SMILES string of the molecule is NC1C2CCC(C2)C1C(=O)NCC(=O)N1CCCC1. The first-order chi connectivity index (χ1) is 9.16. The summed E-state index contributed by atoms with van der Waals surface area (Å²) >= 11 is 0. The molecule has 4 unspecified atom stereocenters. The molecule has 2 aliphatic carbocycles. The number of hydrogen-bond donors (Lipinski definition) is 2. The predicted octanol–water partition coefficient (Wildman–Crippen LogP) is 0.0984. The maximum atomic E-state index is 12.2. The summed E-state index contributed by atoms with van der Waals surface area (Å²) in [6.07, 6.45) is 5.55. The molecule has 1 heterocycles. The number of nitrogens with two attached hydrogens (primary N) is 1. The van der Waals surface area contributed by atoms with E-state index in [1.54, 1.807) is 0 Å². The highest BCUT2D eigenvalue weighted by Crippen LogP contribution is 2.47. The lowest BCUT2D eigenvalue weighted by molar-refractivity contribution is -0.134. The summed E-state index contributed by atoms with van der Waals surface area (Å²) in [6, 6.07) is 0.000591. The van der Waals surface area contributed by atoms with Gasteiger partial charge >= 0.3 is 0 Å². The summed E-state index contributed by atoms with van der Waals surface area (Å²) < 4.78 is 0. The van der Waals surface area contributed by atoms with Crippen molar-refractivity contribution in [2.75, 3.05) is 19.6 Å². The molecule has 5 heteroatoms. The second kappa shape index (κ2) is 5.12. The highest BCUT2D eigenvalue weighted by atomic mass is 16.2. The Morgan fingerprint density at radius 2 is 1.84 bits per heavy atom. The number of carbonyl (C=O) groups excluding carboxylic acids is 2. The fourth-order valence-corrected chi connectivity index (χ4v) is 4.08. The molecule has 0 aromatic rings. The van der Waals surface area contributed by atoms with Crippen LogP contribution in [0.15, 0.2) is 0 Å². The van der Waals surface area contributed by atoms with E-state index in [2.05, 4.69) is 5.32 Å². The lowest BCUT2D eigenvalue weighted by atomic mass is 9.84. The minimum atomic E-state index is -0.0647. The minimum Gasteiger partial charge on any atom is -0.347 e. The molecule has 0 radical (unpaired) electrons. The molecule has 0 aromatic heterocycles. The standard InChI is InChI=1S/C14H23N3O2/c15-13-10-4-3-9(7-10)12(13)14(19)16-8-11(18)17-5-1-2-6-17/h9-10,12-13H,1-8,15H2,(H,16,19). The molecule has 1 saturated heterocycles. The van der Waals surface area contributed by atoms with Crippen LogP contribution >= 0.6 is 0 Å². The van der Waals surface area contributed by atoms with Crippen LogP contribution in [-0.4, -0.2) is 42.4 Å². The monoisotopic (exact) mass is 265 g/mol. The van der Waals surface area contributed by atoms with Crippen molar-refractivity contribution >= 4 is 11.8 Å². The van der Waals surface area contributed by atoms with Crippen molar-refractivity contribution in [3.63, 3.8) is 0 Å². The number of nitrogens with zero attached hydrogens (tertiary/aromatic N) is 1. The molecule has 19 heavy (non-hydrogen) atoms. The van der Waals surface area contributed by atoms with Gasteiger partial charge in [0.05, 0.1) is 12.5 Å². The Bertz CT molecular complexity index is 377. The van der Waals surface area contributed by atoms with E-state index in [9.17, 15) is 9.59 Å². The fraction of sp³-hybridized carbons (Fsp3) is 0.857. The van der Waals surface area contributed by atoms with Crippen LogP contribution in [0.1, 0.15) is 32.1 Å². The third-order valence-corrected chi connectivity index (χ3v) is 5.16. The van der Waals surface area contributed by atoms with Crippen molar-refractivity contribution in [1.29, 1.82) is 0 Å². The second-order valence-corrected chi connectivity index (χ2v) is 6.24. The second-order valence-electron chi connectivity index (χ2n) is 6.24. The summed E-state index contributed by atoms with van der Waals surface area (Å²) in [6.45, 7) is 1.81. The Morgan fingerprint density at radius 3 is 2.47 bits per heavy atom. The van der Waals surface area contributed by atoms with E-state index < -0.39 is 0 Å². The van der Waals surface area contributed by atoms with Gasteiger partial charge in [-0.2, -0.15) is 0 Å². The maximum absolute atomic E-state index is 12.2. The lowest BCUT2D eigenvalue weighted by Crippen LogP contribution is -2.47. The van der Waals surface area contributed by atoms with Gasteiger partial charge in [0.1, 0.15) is 0 Å². The van der Waals surface area contributed by atoms with Gasteiger partial charge in [-0.3, -0.25) is 9.59 Å². The molecule has 0 spiro atoms. The molecule has 3 rings (SSSR count). The van der Waals surface area contributed by atoms with E-state index in [4.69, 9.17) is 5.73 Å². The van der Waals surface area contributed by atoms with Gasteiger partial charge in [-0.1, -0.05) is 0 Å². The zero-order valence-electron chi connectivity index (χ0n) is 11.3. The molecule has 2 amide bonds. The summed E-state index contributed by atoms with van der Waals surface area (Å²) in [7, 11) is 0. The number of amides is 2. The number of carbonyl (C=O) groups is 2. The van der Waals surface area contributed by atoms with Crippen LogP contribution in [0.2, 0.25) is 0 Å². The number of rotatable bonds is 3. The molecule has 3 aliphatic rings. The van der Waals surface area contributed by atoms with Gasteiger partial charge in [-0.15, -0.1) is 0 Å². The van der Waals surface area contributed by atoms with E-state index in [0.29, 0.717) is 11.8 Å². The number of nitrogens with one attached hydrogen (secondary N) is 1. The maximum Gasteiger partial charge on any atom is 0.241 e. The lowest BCUT2D eigenvalue weighted by Gasteiger charge is -2.27. The first-order valence-corrected chi connectivity index (χ1v) is 7.48. The van der Waals surface area contributed by atoms with Crippen LogP contribution in [0.3, 0.4) is 0 Å². The van der Waals surface area contributed by atoms with E-state index in [1.165, 1.54) is 6.42 Å². The molecule has 1 aliphatic heterocycles. The Balaban J connectivity index is 1.50. The Kier molecular flexibility index (Phi) is 3.48. The Hall–Kier alpha value is -1.10. The number of likely N-dealkylation sites (tertiary alicyclic amines) is 1. The van der Waals surface area contributed by atoms with Crippen molar-refractivity contribution in [1.82, 2.24) is 10.2 Å². The van der Waals surface area contributed by atoms with Crippen LogP contribution in [0.25, 0.3) is 0 Å². The Morgan fingerprint density at radius 1 is 1.16 bits per heavy atom. The van der Waals surface area contributed by atoms with E-state index in [0.717, 1.165) is 38.8 Å². The summed E-state index contributed by atoms with van der Waals surface area (Å²) in [5, 5.41) is 2.81. The van der Waals surface area contributed by atoms with Crippen molar-refractivity contribution in [2.45, 2.75) is 38.1 Å². The van der Waals surface area contributed by atoms with E-state index in [1.807, 2.05) is 4.90 Å². The average molecular weight is 265 g/mol. The predicted molar refractivity (Wildman–Crippen MR) is 71.1 cm³/mol. The van der Waals surface area contributed by atoms with Crippen LogP contribution in [0.5, 0.6) is 0 Å². The van der Waals surface area contributed by atoms with Gasteiger partial charge in [0.2, 0.25) is 11.8 Å². The summed E-state index contributed by atoms with van der Waals surface area (Å²) in [5.41, 5.74) is 6.14. The van der Waals surface area contributed by atoms with Gasteiger partial charge < -0.3 is 16.0 Å².